The smallest absolute Gasteiger partial charge is 0.248 e. The van der Waals surface area contributed by atoms with Gasteiger partial charge in [-0.25, -0.2) is 4.98 Å². The fourth-order valence-electron chi connectivity index (χ4n) is 3.24. The molecule has 140 valence electrons. The molecule has 4 aromatic rings. The van der Waals surface area contributed by atoms with E-state index in [2.05, 4.69) is 21.6 Å². The topological polar surface area (TPSA) is 98.8 Å². The van der Waals surface area contributed by atoms with Gasteiger partial charge in [-0.15, -0.1) is 0 Å². The lowest BCUT2D eigenvalue weighted by Crippen LogP contribution is -2.10. The number of imidazole rings is 1. The number of fused-ring (bicyclic) bond motifs is 1. The number of aryl methyl sites for hydroxylation is 1. The van der Waals surface area contributed by atoms with Crippen molar-refractivity contribution in [3.63, 3.8) is 0 Å². The first kappa shape index (κ1) is 17.5. The number of hydrogen-bond acceptors (Lipinski definition) is 4. The number of nitrogens with zero attached hydrogens (tertiary/aromatic N) is 3. The third kappa shape index (κ3) is 2.83. The predicted octanol–water partition coefficient (Wildman–Crippen LogP) is 3.38. The van der Waals surface area contributed by atoms with Crippen LogP contribution in [0, 0.1) is 0 Å². The van der Waals surface area contributed by atoms with Crippen molar-refractivity contribution in [3.05, 3.63) is 60.2 Å². The minimum atomic E-state index is -0.486. The van der Waals surface area contributed by atoms with Gasteiger partial charge in [0.1, 0.15) is 11.4 Å². The Labute approximate surface area is 161 Å². The summed E-state index contributed by atoms with van der Waals surface area (Å²) in [5.74, 6) is 0.716. The number of amides is 1. The molecule has 4 rings (SSSR count). The number of nitrogens with two attached hydrogens (primary N) is 1. The molecule has 0 spiro atoms. The van der Waals surface area contributed by atoms with Crippen LogP contribution in [0.2, 0.25) is 0 Å². The summed E-state index contributed by atoms with van der Waals surface area (Å²) in [6, 6.07) is 13.0. The van der Waals surface area contributed by atoms with Gasteiger partial charge in [0.2, 0.25) is 5.91 Å². The van der Waals surface area contributed by atoms with E-state index >= 15 is 0 Å². The SMILES string of the molecule is C=Cc1cccc(-c2nn(C)c(-c3nc4ccc(C(N)=O)cc4[nH]3)c2OC)c1. The lowest BCUT2D eigenvalue weighted by Gasteiger charge is -2.04. The summed E-state index contributed by atoms with van der Waals surface area (Å²) in [5.41, 5.74) is 10.6. The minimum Gasteiger partial charge on any atom is -0.492 e. The highest BCUT2D eigenvalue weighted by molar-refractivity contribution is 5.96. The Morgan fingerprint density at radius 3 is 2.82 bits per heavy atom. The number of nitrogens with one attached hydrogen (secondary N) is 1. The van der Waals surface area contributed by atoms with E-state index in [9.17, 15) is 4.79 Å². The summed E-state index contributed by atoms with van der Waals surface area (Å²) >= 11 is 0. The van der Waals surface area contributed by atoms with E-state index in [1.165, 1.54) is 0 Å². The third-order valence-corrected chi connectivity index (χ3v) is 4.59. The summed E-state index contributed by atoms with van der Waals surface area (Å²) in [7, 11) is 3.44. The molecule has 0 unspecified atom stereocenters. The molecule has 2 heterocycles. The van der Waals surface area contributed by atoms with E-state index in [1.807, 2.05) is 31.3 Å². The molecule has 1 amide bonds. The van der Waals surface area contributed by atoms with Gasteiger partial charge in [-0.2, -0.15) is 5.10 Å². The molecule has 0 saturated carbocycles. The number of ether oxygens (including phenoxy) is 1. The summed E-state index contributed by atoms with van der Waals surface area (Å²) in [5, 5.41) is 4.64. The summed E-state index contributed by atoms with van der Waals surface area (Å²) in [6.45, 7) is 3.82. The van der Waals surface area contributed by atoms with Crippen LogP contribution in [0.4, 0.5) is 0 Å². The van der Waals surface area contributed by atoms with Gasteiger partial charge in [0, 0.05) is 18.2 Å². The molecule has 7 nitrogen and oxygen atoms in total. The molecule has 0 bridgehead atoms. The molecule has 28 heavy (non-hydrogen) atoms. The van der Waals surface area contributed by atoms with Crippen LogP contribution < -0.4 is 10.5 Å². The van der Waals surface area contributed by atoms with Crippen molar-refractivity contribution in [1.82, 2.24) is 19.7 Å². The van der Waals surface area contributed by atoms with E-state index in [0.717, 1.165) is 16.6 Å². The van der Waals surface area contributed by atoms with Crippen molar-refractivity contribution in [2.24, 2.45) is 12.8 Å². The average molecular weight is 373 g/mol. The molecule has 0 aliphatic carbocycles. The van der Waals surface area contributed by atoms with Crippen LogP contribution in [0.5, 0.6) is 5.75 Å². The molecular weight excluding hydrogens is 354 g/mol. The highest BCUT2D eigenvalue weighted by Crippen LogP contribution is 2.38. The van der Waals surface area contributed by atoms with Gasteiger partial charge in [0.15, 0.2) is 11.6 Å². The molecule has 0 aliphatic heterocycles. The summed E-state index contributed by atoms with van der Waals surface area (Å²) in [4.78, 5) is 19.3. The van der Waals surface area contributed by atoms with Crippen LogP contribution in [-0.4, -0.2) is 32.8 Å². The van der Waals surface area contributed by atoms with Gasteiger partial charge in [0.05, 0.1) is 18.1 Å². The van der Waals surface area contributed by atoms with E-state index in [-0.39, 0.29) is 0 Å². The first-order valence-corrected chi connectivity index (χ1v) is 8.65. The fraction of sp³-hybridized carbons (Fsp3) is 0.0952. The number of hydrogen-bond donors (Lipinski definition) is 2. The maximum atomic E-state index is 11.4. The Morgan fingerprint density at radius 2 is 2.11 bits per heavy atom. The number of carbonyl (C=O) groups is 1. The van der Waals surface area contributed by atoms with Crippen molar-refractivity contribution in [1.29, 1.82) is 0 Å². The van der Waals surface area contributed by atoms with E-state index in [4.69, 9.17) is 10.5 Å². The molecule has 0 aliphatic rings. The first-order valence-electron chi connectivity index (χ1n) is 8.65. The number of methoxy groups -OCH3 is 1. The van der Waals surface area contributed by atoms with Gasteiger partial charge >= 0.3 is 0 Å². The second-order valence-electron chi connectivity index (χ2n) is 6.37. The molecule has 3 N–H and O–H groups in total. The van der Waals surface area contributed by atoms with Crippen molar-refractivity contribution in [3.8, 4) is 28.5 Å². The third-order valence-electron chi connectivity index (χ3n) is 4.59. The van der Waals surface area contributed by atoms with Gasteiger partial charge in [-0.05, 0) is 29.8 Å². The number of carbonyl (C=O) groups excluding carboxylic acids is 1. The quantitative estimate of drug-likeness (QED) is 0.560. The summed E-state index contributed by atoms with van der Waals surface area (Å²) in [6.07, 6.45) is 1.79. The van der Waals surface area contributed by atoms with Crippen LogP contribution in [-0.2, 0) is 7.05 Å². The summed E-state index contributed by atoms with van der Waals surface area (Å²) < 4.78 is 7.42. The van der Waals surface area contributed by atoms with Crippen LogP contribution in [0.1, 0.15) is 15.9 Å². The Balaban J connectivity index is 1.88. The monoisotopic (exact) mass is 373 g/mol. The number of aromatic amines is 1. The molecule has 0 saturated heterocycles. The van der Waals surface area contributed by atoms with E-state index in [1.54, 1.807) is 36.1 Å². The van der Waals surface area contributed by atoms with Crippen molar-refractivity contribution < 1.29 is 9.53 Å². The normalized spacial score (nSPS) is 10.9. The van der Waals surface area contributed by atoms with E-state index < -0.39 is 5.91 Å². The average Bonchev–Trinajstić information content (AvgIpc) is 3.27. The number of rotatable bonds is 5. The maximum absolute atomic E-state index is 11.4. The molecule has 0 atom stereocenters. The van der Waals surface area contributed by atoms with Gasteiger partial charge in [-0.3, -0.25) is 9.48 Å². The van der Waals surface area contributed by atoms with Gasteiger partial charge in [-0.1, -0.05) is 30.9 Å². The Morgan fingerprint density at radius 1 is 1.29 bits per heavy atom. The molecule has 0 radical (unpaired) electrons. The molecule has 7 heteroatoms. The Kier molecular flexibility index (Phi) is 4.19. The molecular formula is C21H19N5O2. The van der Waals surface area contributed by atoms with E-state index in [0.29, 0.717) is 34.0 Å². The van der Waals surface area contributed by atoms with Crippen LogP contribution >= 0.6 is 0 Å². The zero-order valence-electron chi connectivity index (χ0n) is 15.6. The highest BCUT2D eigenvalue weighted by atomic mass is 16.5. The lowest BCUT2D eigenvalue weighted by molar-refractivity contribution is 0.100. The first-order chi connectivity index (χ1) is 13.5. The zero-order valence-corrected chi connectivity index (χ0v) is 15.6. The minimum absolute atomic E-state index is 0.418. The van der Waals surface area contributed by atoms with Crippen molar-refractivity contribution in [2.75, 3.05) is 7.11 Å². The van der Waals surface area contributed by atoms with Crippen molar-refractivity contribution in [2.45, 2.75) is 0 Å². The van der Waals surface area contributed by atoms with Gasteiger partial charge in [0.25, 0.3) is 0 Å². The zero-order chi connectivity index (χ0) is 19.8. The second-order valence-corrected chi connectivity index (χ2v) is 6.37. The highest BCUT2D eigenvalue weighted by Gasteiger charge is 2.22. The fourth-order valence-corrected chi connectivity index (χ4v) is 3.24. The molecule has 0 fully saturated rings. The maximum Gasteiger partial charge on any atom is 0.248 e. The molecule has 2 aromatic heterocycles. The van der Waals surface area contributed by atoms with Gasteiger partial charge < -0.3 is 15.5 Å². The number of aromatic nitrogens is 4. The number of H-pyrrole nitrogens is 1. The van der Waals surface area contributed by atoms with Crippen LogP contribution in [0.3, 0.4) is 0 Å². The number of primary amides is 1. The second kappa shape index (κ2) is 6.70. The van der Waals surface area contributed by atoms with Crippen LogP contribution in [0.15, 0.2) is 49.0 Å². The predicted molar refractivity (Wildman–Crippen MR) is 109 cm³/mol. The molecule has 2 aromatic carbocycles. The Hall–Kier alpha value is -3.87. The van der Waals surface area contributed by atoms with Crippen molar-refractivity contribution >= 4 is 23.0 Å². The lowest BCUT2D eigenvalue weighted by atomic mass is 10.1. The largest absolute Gasteiger partial charge is 0.492 e. The Bertz CT molecular complexity index is 1220. The standard InChI is InChI=1S/C21H19N5O2/c1-4-12-6-5-7-13(10-12)17-19(28-3)18(26(2)25-17)21-23-15-9-8-14(20(22)27)11-16(15)24-21/h4-11H,1H2,2-3H3,(H2,22,27)(H,23,24). The van der Waals surface area contributed by atoms with Crippen LogP contribution in [0.25, 0.3) is 39.9 Å². The number of benzene rings is 2.